The Hall–Kier alpha value is -1.45. The van der Waals surface area contributed by atoms with Crippen molar-refractivity contribution in [2.75, 3.05) is 0 Å². The second kappa shape index (κ2) is 5.98. The van der Waals surface area contributed by atoms with Crippen LogP contribution in [0.3, 0.4) is 0 Å². The monoisotopic (exact) mass is 337 g/mol. The molecule has 3 rings (SSSR count). The Bertz CT molecular complexity index is 733. The summed E-state index contributed by atoms with van der Waals surface area (Å²) in [5, 5.41) is 10.6. The third-order valence-corrected chi connectivity index (χ3v) is 5.03. The Morgan fingerprint density at radius 2 is 2.05 bits per heavy atom. The van der Waals surface area contributed by atoms with Crippen molar-refractivity contribution in [1.82, 2.24) is 4.98 Å². The average molecular weight is 338 g/mol. The summed E-state index contributed by atoms with van der Waals surface area (Å²) in [6, 6.07) is 5.59. The summed E-state index contributed by atoms with van der Waals surface area (Å²) in [4.78, 5) is 15.2. The fourth-order valence-corrected chi connectivity index (χ4v) is 3.06. The van der Waals surface area contributed by atoms with Gasteiger partial charge in [-0.3, -0.25) is 4.79 Å². The van der Waals surface area contributed by atoms with Crippen molar-refractivity contribution >= 4 is 29.0 Å². The van der Waals surface area contributed by atoms with Crippen LogP contribution in [0.5, 0.6) is 5.75 Å². The standard InChI is InChI=1S/C17H17Cl2NO2/c1-9-15(18)16(19)17(20-9)14(22)7-3-10-2-6-13(21)12(8-10)11-4-5-11/h2,6,8,11,20-21H,3-5,7H2,1H3. The number of aromatic hydroxyl groups is 1. The molecular formula is C17H17Cl2NO2. The fourth-order valence-electron chi connectivity index (χ4n) is 2.63. The smallest absolute Gasteiger partial charge is 0.180 e. The number of carbonyl (C=O) groups is 1. The number of halogens is 2. The minimum absolute atomic E-state index is 0.0546. The lowest BCUT2D eigenvalue weighted by molar-refractivity contribution is 0.0978. The van der Waals surface area contributed by atoms with Gasteiger partial charge in [0.15, 0.2) is 5.78 Å². The normalized spacial score (nSPS) is 14.3. The van der Waals surface area contributed by atoms with Crippen LogP contribution in [-0.4, -0.2) is 15.9 Å². The van der Waals surface area contributed by atoms with Gasteiger partial charge in [-0.25, -0.2) is 0 Å². The van der Waals surface area contributed by atoms with Gasteiger partial charge < -0.3 is 10.1 Å². The van der Waals surface area contributed by atoms with Gasteiger partial charge in [0.1, 0.15) is 11.4 Å². The fraction of sp³-hybridized carbons (Fsp3) is 0.353. The summed E-state index contributed by atoms with van der Waals surface area (Å²) in [5.41, 5.74) is 3.14. The number of nitrogens with one attached hydrogen (secondary N) is 1. The first-order valence-corrected chi connectivity index (χ1v) is 8.11. The Labute approximate surface area is 139 Å². The molecule has 0 bridgehead atoms. The topological polar surface area (TPSA) is 53.1 Å². The number of aromatic nitrogens is 1. The number of phenols is 1. The summed E-state index contributed by atoms with van der Waals surface area (Å²) in [5.74, 6) is 0.781. The molecule has 3 nitrogen and oxygen atoms in total. The molecule has 1 aliphatic rings. The van der Waals surface area contributed by atoms with Crippen molar-refractivity contribution in [1.29, 1.82) is 0 Å². The van der Waals surface area contributed by atoms with Crippen molar-refractivity contribution < 1.29 is 9.90 Å². The molecule has 0 spiro atoms. The second-order valence-electron chi connectivity index (χ2n) is 5.84. The lowest BCUT2D eigenvalue weighted by atomic mass is 10.0. The van der Waals surface area contributed by atoms with Gasteiger partial charge in [-0.15, -0.1) is 0 Å². The van der Waals surface area contributed by atoms with E-state index in [0.29, 0.717) is 45.9 Å². The summed E-state index contributed by atoms with van der Waals surface area (Å²) in [6.07, 6.45) is 3.23. The molecule has 1 aromatic heterocycles. The molecule has 5 heteroatoms. The van der Waals surface area contributed by atoms with Crippen molar-refractivity contribution in [3.8, 4) is 5.75 Å². The lowest BCUT2D eigenvalue weighted by Gasteiger charge is -2.06. The van der Waals surface area contributed by atoms with Gasteiger partial charge in [0.05, 0.1) is 10.0 Å². The number of phenolic OH excluding ortho intramolecular Hbond substituents is 1. The van der Waals surface area contributed by atoms with Gasteiger partial charge in [0, 0.05) is 12.1 Å². The van der Waals surface area contributed by atoms with Gasteiger partial charge in [-0.2, -0.15) is 0 Å². The zero-order valence-corrected chi connectivity index (χ0v) is 13.8. The number of ketones is 1. The summed E-state index contributed by atoms with van der Waals surface area (Å²) in [6.45, 7) is 1.78. The Kier molecular flexibility index (Phi) is 4.20. The SMILES string of the molecule is Cc1[nH]c(C(=O)CCc2ccc(O)c(C3CC3)c2)c(Cl)c1Cl. The third kappa shape index (κ3) is 3.01. The van der Waals surface area contributed by atoms with Crippen molar-refractivity contribution in [3.63, 3.8) is 0 Å². The Morgan fingerprint density at radius 1 is 1.32 bits per heavy atom. The van der Waals surface area contributed by atoms with Crippen LogP contribution in [0, 0.1) is 6.92 Å². The molecule has 2 N–H and O–H groups in total. The molecule has 1 saturated carbocycles. The number of benzene rings is 1. The molecule has 0 radical (unpaired) electrons. The van der Waals surface area contributed by atoms with Crippen LogP contribution in [-0.2, 0) is 6.42 Å². The Balaban J connectivity index is 1.70. The minimum atomic E-state index is -0.0546. The molecule has 22 heavy (non-hydrogen) atoms. The zero-order chi connectivity index (χ0) is 15.9. The highest BCUT2D eigenvalue weighted by Crippen LogP contribution is 2.44. The molecule has 0 atom stereocenters. The number of H-pyrrole nitrogens is 1. The maximum Gasteiger partial charge on any atom is 0.180 e. The summed E-state index contributed by atoms with van der Waals surface area (Å²) < 4.78 is 0. The van der Waals surface area contributed by atoms with E-state index in [1.807, 2.05) is 12.1 Å². The van der Waals surface area contributed by atoms with Crippen LogP contribution in [0.25, 0.3) is 0 Å². The van der Waals surface area contributed by atoms with Gasteiger partial charge in [0.2, 0.25) is 0 Å². The number of hydrogen-bond acceptors (Lipinski definition) is 2. The number of carbonyl (C=O) groups excluding carboxylic acids is 1. The van der Waals surface area contributed by atoms with Gasteiger partial charge in [-0.1, -0.05) is 35.3 Å². The van der Waals surface area contributed by atoms with E-state index in [1.54, 1.807) is 13.0 Å². The zero-order valence-electron chi connectivity index (χ0n) is 12.2. The predicted molar refractivity (Wildman–Crippen MR) is 88.3 cm³/mol. The van der Waals surface area contributed by atoms with Gasteiger partial charge in [0.25, 0.3) is 0 Å². The predicted octanol–water partition coefficient (Wildman–Crippen LogP) is 5.03. The molecule has 0 unspecified atom stereocenters. The van der Waals surface area contributed by atoms with Crippen LogP contribution < -0.4 is 0 Å². The molecule has 0 saturated heterocycles. The molecule has 116 valence electrons. The second-order valence-corrected chi connectivity index (χ2v) is 6.60. The van der Waals surface area contributed by atoms with Crippen LogP contribution >= 0.6 is 23.2 Å². The number of aromatic amines is 1. The number of hydrogen-bond donors (Lipinski definition) is 2. The molecule has 0 aliphatic heterocycles. The average Bonchev–Trinajstić information content (AvgIpc) is 3.30. The first-order chi connectivity index (χ1) is 10.5. The van der Waals surface area contributed by atoms with E-state index in [0.717, 1.165) is 24.0 Å². The Morgan fingerprint density at radius 3 is 2.64 bits per heavy atom. The van der Waals surface area contributed by atoms with Crippen LogP contribution in [0.15, 0.2) is 18.2 Å². The van der Waals surface area contributed by atoms with Crippen LogP contribution in [0.4, 0.5) is 0 Å². The van der Waals surface area contributed by atoms with E-state index >= 15 is 0 Å². The number of Topliss-reactive ketones (excluding diaryl/α,β-unsaturated/α-hetero) is 1. The van der Waals surface area contributed by atoms with E-state index in [1.165, 1.54) is 0 Å². The molecule has 1 fully saturated rings. The molecular weight excluding hydrogens is 321 g/mol. The van der Waals surface area contributed by atoms with Crippen LogP contribution in [0.2, 0.25) is 10.0 Å². The number of aryl methyl sites for hydroxylation is 2. The lowest BCUT2D eigenvalue weighted by Crippen LogP contribution is -2.03. The summed E-state index contributed by atoms with van der Waals surface area (Å²) >= 11 is 12.1. The molecule has 0 amide bonds. The van der Waals surface area contributed by atoms with E-state index in [-0.39, 0.29) is 5.78 Å². The first-order valence-electron chi connectivity index (χ1n) is 7.36. The molecule has 1 aliphatic carbocycles. The quantitative estimate of drug-likeness (QED) is 0.752. The van der Waals surface area contributed by atoms with Crippen LogP contribution in [0.1, 0.15) is 52.5 Å². The highest BCUT2D eigenvalue weighted by molar-refractivity contribution is 6.44. The maximum absolute atomic E-state index is 12.3. The molecule has 2 aromatic rings. The number of rotatable bonds is 5. The van der Waals surface area contributed by atoms with E-state index in [2.05, 4.69) is 4.98 Å². The third-order valence-electron chi connectivity index (χ3n) is 4.08. The summed E-state index contributed by atoms with van der Waals surface area (Å²) in [7, 11) is 0. The van der Waals surface area contributed by atoms with Gasteiger partial charge >= 0.3 is 0 Å². The van der Waals surface area contributed by atoms with Crippen molar-refractivity contribution in [3.05, 3.63) is 50.8 Å². The van der Waals surface area contributed by atoms with E-state index in [4.69, 9.17) is 23.2 Å². The van der Waals surface area contributed by atoms with E-state index < -0.39 is 0 Å². The molecule has 1 aromatic carbocycles. The maximum atomic E-state index is 12.3. The van der Waals surface area contributed by atoms with Gasteiger partial charge in [-0.05, 0) is 49.3 Å². The minimum Gasteiger partial charge on any atom is -0.508 e. The highest BCUT2D eigenvalue weighted by atomic mass is 35.5. The van der Waals surface area contributed by atoms with E-state index in [9.17, 15) is 9.90 Å². The largest absolute Gasteiger partial charge is 0.508 e. The van der Waals surface area contributed by atoms with Crippen molar-refractivity contribution in [2.45, 2.75) is 38.5 Å². The first kappa shape index (κ1) is 15.4. The van der Waals surface area contributed by atoms with Crippen molar-refractivity contribution in [2.24, 2.45) is 0 Å². The molecule has 1 heterocycles. The highest BCUT2D eigenvalue weighted by Gasteiger charge is 2.26.